The molecule has 1 saturated heterocycles. The van der Waals surface area contributed by atoms with Crippen molar-refractivity contribution in [3.8, 4) is 24.0 Å². The monoisotopic (exact) mass is 514 g/mol. The number of terminal acetylenes is 1. The van der Waals surface area contributed by atoms with E-state index in [9.17, 15) is 9.90 Å². The number of fused-ring (bicyclic) bond motifs is 1. The second-order valence-corrected chi connectivity index (χ2v) is 9.67. The number of rotatable bonds is 7. The van der Waals surface area contributed by atoms with E-state index in [2.05, 4.69) is 26.1 Å². The molecular formula is C24H24Cl2N6O3. The maximum Gasteiger partial charge on any atom is 0.264 e. The molecule has 1 atom stereocenters. The standard InChI is InChI=1S/C24H24Cl2N6O3/c1-2-19(33)24(34)31-9-7-30(8-10-31)14-16-11-17(25)12-27-23(16)35-20-6-5-18-22(21(20)26)28-29-32(18)13-15-3-4-15/h1,5-6,11-12,15,19,33H,3-4,7-10,13-14H2/t19-/m0/s1. The molecular weight excluding hydrogens is 491 g/mol. The number of aliphatic hydroxyl groups is 1. The lowest BCUT2D eigenvalue weighted by Gasteiger charge is -2.35. The molecule has 0 bridgehead atoms. The molecule has 1 aliphatic carbocycles. The van der Waals surface area contributed by atoms with E-state index in [4.69, 9.17) is 34.4 Å². The number of pyridine rings is 1. The van der Waals surface area contributed by atoms with Crippen molar-refractivity contribution in [2.45, 2.75) is 32.0 Å². The lowest BCUT2D eigenvalue weighted by molar-refractivity contribution is -0.139. The number of amides is 1. The van der Waals surface area contributed by atoms with Crippen LogP contribution in [0, 0.1) is 18.3 Å². The van der Waals surface area contributed by atoms with Crippen molar-refractivity contribution in [1.82, 2.24) is 29.8 Å². The molecule has 35 heavy (non-hydrogen) atoms. The van der Waals surface area contributed by atoms with Crippen molar-refractivity contribution in [3.05, 3.63) is 40.0 Å². The summed E-state index contributed by atoms with van der Waals surface area (Å²) in [6.45, 7) is 3.48. The Labute approximate surface area is 212 Å². The molecule has 2 fully saturated rings. The smallest absolute Gasteiger partial charge is 0.264 e. The van der Waals surface area contributed by atoms with Crippen molar-refractivity contribution in [1.29, 1.82) is 0 Å². The van der Waals surface area contributed by atoms with Gasteiger partial charge in [0.1, 0.15) is 10.5 Å². The molecule has 0 radical (unpaired) electrons. The largest absolute Gasteiger partial charge is 0.437 e. The van der Waals surface area contributed by atoms with E-state index in [0.717, 1.165) is 17.6 Å². The fourth-order valence-electron chi connectivity index (χ4n) is 4.13. The number of ether oxygens (including phenoxy) is 1. The highest BCUT2D eigenvalue weighted by Crippen LogP contribution is 2.37. The molecule has 0 unspecified atom stereocenters. The van der Waals surface area contributed by atoms with Crippen molar-refractivity contribution < 1.29 is 14.6 Å². The van der Waals surface area contributed by atoms with Crippen molar-refractivity contribution in [2.24, 2.45) is 5.92 Å². The lowest BCUT2D eigenvalue weighted by atomic mass is 10.2. The Morgan fingerprint density at radius 2 is 2.03 bits per heavy atom. The van der Waals surface area contributed by atoms with Gasteiger partial charge in [0, 0.05) is 51.0 Å². The van der Waals surface area contributed by atoms with Gasteiger partial charge in [0.15, 0.2) is 11.9 Å². The third kappa shape index (κ3) is 5.21. The van der Waals surface area contributed by atoms with E-state index in [1.165, 1.54) is 19.0 Å². The molecule has 1 aromatic carbocycles. The Bertz CT molecular complexity index is 1290. The molecule has 11 heteroatoms. The molecule has 3 aromatic rings. The minimum atomic E-state index is -1.41. The molecule has 0 spiro atoms. The van der Waals surface area contributed by atoms with Crippen molar-refractivity contribution in [3.63, 3.8) is 0 Å². The molecule has 1 saturated carbocycles. The Morgan fingerprint density at radius 1 is 1.26 bits per heavy atom. The van der Waals surface area contributed by atoms with Gasteiger partial charge in [0.2, 0.25) is 5.88 Å². The number of carbonyl (C=O) groups excluding carboxylic acids is 1. The number of benzene rings is 1. The van der Waals surface area contributed by atoms with Crippen LogP contribution in [0.25, 0.3) is 11.0 Å². The molecule has 182 valence electrons. The molecule has 2 aromatic heterocycles. The number of hydrogen-bond donors (Lipinski definition) is 1. The van der Waals surface area contributed by atoms with Crippen molar-refractivity contribution >= 4 is 40.1 Å². The van der Waals surface area contributed by atoms with Crippen LogP contribution < -0.4 is 4.74 Å². The zero-order chi connectivity index (χ0) is 24.5. The van der Waals surface area contributed by atoms with Crippen LogP contribution >= 0.6 is 23.2 Å². The van der Waals surface area contributed by atoms with Crippen molar-refractivity contribution in [2.75, 3.05) is 26.2 Å². The second kappa shape index (κ2) is 9.99. The maximum absolute atomic E-state index is 12.1. The van der Waals surface area contributed by atoms with E-state index in [-0.39, 0.29) is 0 Å². The molecule has 3 heterocycles. The van der Waals surface area contributed by atoms with Crippen LogP contribution in [0.5, 0.6) is 11.6 Å². The van der Waals surface area contributed by atoms with Gasteiger partial charge in [0.05, 0.1) is 10.5 Å². The summed E-state index contributed by atoms with van der Waals surface area (Å²) in [6.07, 6.45) is 7.72. The first-order chi connectivity index (χ1) is 16.9. The highest BCUT2D eigenvalue weighted by molar-refractivity contribution is 6.36. The molecule has 1 amide bonds. The van der Waals surface area contributed by atoms with Crippen LogP contribution in [-0.4, -0.2) is 73.1 Å². The fourth-order valence-corrected chi connectivity index (χ4v) is 4.55. The number of piperazine rings is 1. The fraction of sp³-hybridized carbons (Fsp3) is 0.417. The number of aliphatic hydroxyl groups excluding tert-OH is 1. The highest BCUT2D eigenvalue weighted by atomic mass is 35.5. The van der Waals surface area contributed by atoms with Gasteiger partial charge in [-0.3, -0.25) is 9.69 Å². The van der Waals surface area contributed by atoms with E-state index in [0.29, 0.717) is 65.8 Å². The Morgan fingerprint density at radius 3 is 2.74 bits per heavy atom. The quantitative estimate of drug-likeness (QED) is 0.484. The van der Waals surface area contributed by atoms with Gasteiger partial charge in [0.25, 0.3) is 5.91 Å². The van der Waals surface area contributed by atoms with Crippen LogP contribution in [0.4, 0.5) is 0 Å². The first kappa shape index (κ1) is 23.8. The third-order valence-corrected chi connectivity index (χ3v) is 6.86. The van der Waals surface area contributed by atoms with Gasteiger partial charge >= 0.3 is 0 Å². The Hall–Kier alpha value is -2.90. The second-order valence-electron chi connectivity index (χ2n) is 8.85. The first-order valence-corrected chi connectivity index (χ1v) is 12.2. The Kier molecular flexibility index (Phi) is 6.80. The predicted octanol–water partition coefficient (Wildman–Crippen LogP) is 2.97. The van der Waals surface area contributed by atoms with Gasteiger partial charge in [-0.25, -0.2) is 9.67 Å². The molecule has 1 N–H and O–H groups in total. The molecule has 5 rings (SSSR count). The third-order valence-electron chi connectivity index (χ3n) is 6.29. The number of hydrogen-bond acceptors (Lipinski definition) is 7. The maximum atomic E-state index is 12.1. The summed E-state index contributed by atoms with van der Waals surface area (Å²) in [5.41, 5.74) is 2.26. The van der Waals surface area contributed by atoms with E-state index in [1.807, 2.05) is 16.8 Å². The summed E-state index contributed by atoms with van der Waals surface area (Å²) in [4.78, 5) is 20.2. The number of carbonyl (C=O) groups is 1. The SMILES string of the molecule is C#C[C@H](O)C(=O)N1CCN(Cc2cc(Cl)cnc2Oc2ccc3c(nnn3CC3CC3)c2Cl)CC1. The molecule has 9 nitrogen and oxygen atoms in total. The van der Waals surface area contributed by atoms with Gasteiger partial charge < -0.3 is 14.7 Å². The summed E-state index contributed by atoms with van der Waals surface area (Å²) in [5.74, 6) is 3.12. The molecule has 1 aliphatic heterocycles. The summed E-state index contributed by atoms with van der Waals surface area (Å²) in [6, 6.07) is 5.52. The Balaban J connectivity index is 1.30. The van der Waals surface area contributed by atoms with Crippen LogP contribution in [0.15, 0.2) is 24.4 Å². The minimum Gasteiger partial charge on any atom is -0.437 e. The topological polar surface area (TPSA) is 96.6 Å². The summed E-state index contributed by atoms with van der Waals surface area (Å²) < 4.78 is 8.02. The van der Waals surface area contributed by atoms with E-state index < -0.39 is 12.0 Å². The summed E-state index contributed by atoms with van der Waals surface area (Å²) in [5, 5.41) is 19.0. The number of aromatic nitrogens is 4. The van der Waals surface area contributed by atoms with Crippen LogP contribution in [0.2, 0.25) is 10.0 Å². The zero-order valence-electron chi connectivity index (χ0n) is 18.9. The normalized spacial score (nSPS) is 17.4. The number of nitrogens with zero attached hydrogens (tertiary/aromatic N) is 6. The van der Waals surface area contributed by atoms with Gasteiger partial charge in [-0.1, -0.05) is 34.3 Å². The predicted molar refractivity (Wildman–Crippen MR) is 131 cm³/mol. The average Bonchev–Trinajstić information content (AvgIpc) is 3.59. The number of halogens is 2. The van der Waals surface area contributed by atoms with Gasteiger partial charge in [-0.2, -0.15) is 0 Å². The first-order valence-electron chi connectivity index (χ1n) is 11.4. The zero-order valence-corrected chi connectivity index (χ0v) is 20.4. The minimum absolute atomic E-state index is 0.381. The highest BCUT2D eigenvalue weighted by Gasteiger charge is 2.26. The van der Waals surface area contributed by atoms with E-state index >= 15 is 0 Å². The van der Waals surface area contributed by atoms with Gasteiger partial charge in [-0.15, -0.1) is 11.5 Å². The average molecular weight is 515 g/mol. The van der Waals surface area contributed by atoms with E-state index in [1.54, 1.807) is 11.0 Å². The van der Waals surface area contributed by atoms with Crippen LogP contribution in [-0.2, 0) is 17.9 Å². The summed E-state index contributed by atoms with van der Waals surface area (Å²) in [7, 11) is 0. The van der Waals surface area contributed by atoms with Crippen LogP contribution in [0.1, 0.15) is 18.4 Å². The lowest BCUT2D eigenvalue weighted by Crippen LogP contribution is -2.50. The van der Waals surface area contributed by atoms with Crippen LogP contribution in [0.3, 0.4) is 0 Å². The van der Waals surface area contributed by atoms with Gasteiger partial charge in [-0.05, 0) is 37.0 Å². The molecule has 2 aliphatic rings. The summed E-state index contributed by atoms with van der Waals surface area (Å²) >= 11 is 12.9.